The number of nitrogens with one attached hydrogen (secondary N) is 3. The maximum atomic E-state index is 13.0. The van der Waals surface area contributed by atoms with E-state index in [0.717, 1.165) is 0 Å². The Hall–Kier alpha value is -3.49. The highest BCUT2D eigenvalue weighted by Gasteiger charge is 2.44. The van der Waals surface area contributed by atoms with E-state index >= 15 is 0 Å². The Morgan fingerprint density at radius 3 is 2.39 bits per heavy atom. The molecule has 4 rings (SSSR count). The Kier molecular flexibility index (Phi) is 7.56. The highest BCUT2D eigenvalue weighted by atomic mass is 32.2. The first-order valence-electron chi connectivity index (χ1n) is 11.1. The van der Waals surface area contributed by atoms with Crippen molar-refractivity contribution in [1.29, 1.82) is 0 Å². The first-order chi connectivity index (χ1) is 17.2. The molecule has 12 nitrogen and oxygen atoms in total. The van der Waals surface area contributed by atoms with Gasteiger partial charge in [0.15, 0.2) is 6.23 Å². The molecular formula is C23H27N5O7S. The van der Waals surface area contributed by atoms with E-state index in [9.17, 15) is 28.5 Å². The molecule has 36 heavy (non-hydrogen) atoms. The van der Waals surface area contributed by atoms with Crippen LogP contribution in [0, 0.1) is 0 Å². The molecule has 2 aromatic carbocycles. The summed E-state index contributed by atoms with van der Waals surface area (Å²) in [7, 11) is -3.95. The van der Waals surface area contributed by atoms with Crippen molar-refractivity contribution in [2.45, 2.75) is 42.4 Å². The Morgan fingerprint density at radius 2 is 1.75 bits per heavy atom. The van der Waals surface area contributed by atoms with Crippen molar-refractivity contribution in [3.63, 3.8) is 0 Å². The minimum atomic E-state index is -3.95. The summed E-state index contributed by atoms with van der Waals surface area (Å²) >= 11 is 0. The van der Waals surface area contributed by atoms with Crippen LogP contribution in [0.4, 0.5) is 11.5 Å². The van der Waals surface area contributed by atoms with Gasteiger partial charge in [-0.1, -0.05) is 18.2 Å². The van der Waals surface area contributed by atoms with E-state index in [0.29, 0.717) is 11.4 Å². The number of carbonyl (C=O) groups excluding carboxylic acids is 1. The van der Waals surface area contributed by atoms with Crippen molar-refractivity contribution >= 4 is 27.4 Å². The first-order valence-corrected chi connectivity index (χ1v) is 12.6. The van der Waals surface area contributed by atoms with Crippen LogP contribution < -0.4 is 15.4 Å². The van der Waals surface area contributed by atoms with Gasteiger partial charge < -0.3 is 30.7 Å². The van der Waals surface area contributed by atoms with E-state index in [-0.39, 0.29) is 10.7 Å². The number of anilines is 2. The molecule has 2 heterocycles. The number of aliphatic hydroxyl groups is 3. The molecule has 5 atom stereocenters. The van der Waals surface area contributed by atoms with Crippen LogP contribution in [0.15, 0.2) is 71.8 Å². The quantitative estimate of drug-likeness (QED) is 0.241. The highest BCUT2D eigenvalue weighted by molar-refractivity contribution is 7.92. The van der Waals surface area contributed by atoms with Gasteiger partial charge in [0.25, 0.3) is 10.0 Å². The smallest absolute Gasteiger partial charge is 0.263 e. The van der Waals surface area contributed by atoms with Gasteiger partial charge in [-0.15, -0.1) is 0 Å². The Balaban J connectivity index is 1.50. The van der Waals surface area contributed by atoms with E-state index in [1.807, 2.05) is 18.2 Å². The van der Waals surface area contributed by atoms with E-state index < -0.39 is 53.1 Å². The number of amides is 1. The number of para-hydroxylation sites is 1. The molecule has 1 saturated heterocycles. The summed E-state index contributed by atoms with van der Waals surface area (Å²) in [6.07, 6.45) is -3.42. The van der Waals surface area contributed by atoms with Crippen LogP contribution in [0.2, 0.25) is 0 Å². The lowest BCUT2D eigenvalue weighted by Crippen LogP contribution is -2.65. The van der Waals surface area contributed by atoms with E-state index in [1.165, 1.54) is 42.1 Å². The van der Waals surface area contributed by atoms with Gasteiger partial charge in [0.05, 0.1) is 23.4 Å². The number of aliphatic hydroxyl groups excluding tert-OH is 3. The van der Waals surface area contributed by atoms with Crippen molar-refractivity contribution in [3.05, 3.63) is 66.9 Å². The van der Waals surface area contributed by atoms with Gasteiger partial charge in [-0.2, -0.15) is 5.10 Å². The number of aromatic nitrogens is 2. The number of benzene rings is 2. The van der Waals surface area contributed by atoms with Crippen LogP contribution >= 0.6 is 0 Å². The van der Waals surface area contributed by atoms with Crippen LogP contribution in [0.3, 0.4) is 0 Å². The van der Waals surface area contributed by atoms with Gasteiger partial charge in [0.1, 0.15) is 30.2 Å². The van der Waals surface area contributed by atoms with Gasteiger partial charge in [-0.05, 0) is 36.4 Å². The number of hydrogen-bond acceptors (Lipinski definition) is 9. The van der Waals surface area contributed by atoms with Crippen molar-refractivity contribution < 1.29 is 33.3 Å². The summed E-state index contributed by atoms with van der Waals surface area (Å²) in [6.45, 7) is 0.705. The number of sulfonamides is 1. The number of hydrogen-bond donors (Lipinski definition) is 6. The van der Waals surface area contributed by atoms with E-state index in [2.05, 4.69) is 20.5 Å². The summed E-state index contributed by atoms with van der Waals surface area (Å²) in [4.78, 5) is 11.6. The minimum Gasteiger partial charge on any atom is -0.394 e. The number of nitrogens with zero attached hydrogens (tertiary/aromatic N) is 2. The molecule has 0 radical (unpaired) electrons. The molecule has 0 spiro atoms. The lowest BCUT2D eigenvalue weighted by Gasteiger charge is -2.43. The monoisotopic (exact) mass is 517 g/mol. The van der Waals surface area contributed by atoms with Crippen molar-refractivity contribution in [2.75, 3.05) is 16.6 Å². The fraction of sp³-hybridized carbons (Fsp3) is 0.304. The zero-order valence-electron chi connectivity index (χ0n) is 19.2. The molecular weight excluding hydrogens is 490 g/mol. The topological polar surface area (TPSA) is 175 Å². The number of ether oxygens (including phenoxy) is 1. The fourth-order valence-electron chi connectivity index (χ4n) is 3.88. The second-order valence-electron chi connectivity index (χ2n) is 8.22. The zero-order chi connectivity index (χ0) is 25.9. The van der Waals surface area contributed by atoms with Gasteiger partial charge in [0, 0.05) is 18.7 Å². The molecule has 0 bridgehead atoms. The average Bonchev–Trinajstić information content (AvgIpc) is 3.31. The molecule has 3 aromatic rings. The average molecular weight is 518 g/mol. The zero-order valence-corrected chi connectivity index (χ0v) is 20.0. The van der Waals surface area contributed by atoms with Gasteiger partial charge >= 0.3 is 0 Å². The molecule has 1 amide bonds. The standard InChI is InChI=1S/C23H27N5O7S/c1-14(30)25-20-22(32)21(31)18(13-29)35-23(20)26-15-7-9-17(10-8-15)36(33,34)27-19-11-12-24-28(19)16-5-3-2-4-6-16/h2-12,18,20-23,26-27,29,31-32H,13H2,1H3,(H,25,30)/t18-,20+,21+,22-,23-/m0/s1. The Bertz CT molecular complexity index is 1280. The summed E-state index contributed by atoms with van der Waals surface area (Å²) in [5.74, 6) is -0.189. The minimum absolute atomic E-state index is 0.0134. The largest absolute Gasteiger partial charge is 0.394 e. The number of carbonyl (C=O) groups is 1. The van der Waals surface area contributed by atoms with Crippen LogP contribution in [-0.4, -0.2) is 76.6 Å². The summed E-state index contributed by atoms with van der Waals surface area (Å²) < 4.78 is 35.6. The fourth-order valence-corrected chi connectivity index (χ4v) is 4.92. The molecule has 0 saturated carbocycles. The van der Waals surface area contributed by atoms with Crippen LogP contribution in [0.5, 0.6) is 0 Å². The van der Waals surface area contributed by atoms with Crippen LogP contribution in [0.1, 0.15) is 6.92 Å². The third kappa shape index (κ3) is 5.50. The summed E-state index contributed by atoms with van der Waals surface area (Å²) in [6, 6.07) is 15.3. The second kappa shape index (κ2) is 10.6. The lowest BCUT2D eigenvalue weighted by atomic mass is 9.96. The van der Waals surface area contributed by atoms with E-state index in [1.54, 1.807) is 18.2 Å². The lowest BCUT2D eigenvalue weighted by molar-refractivity contribution is -0.188. The molecule has 1 fully saturated rings. The van der Waals surface area contributed by atoms with Crippen molar-refractivity contribution in [2.24, 2.45) is 0 Å². The molecule has 6 N–H and O–H groups in total. The maximum absolute atomic E-state index is 13.0. The normalized spacial score (nSPS) is 24.2. The molecule has 192 valence electrons. The SMILES string of the molecule is CC(=O)N[C@@H]1[C@H](O)[C@H](O)[C@H](CO)O[C@@H]1Nc1ccc(S(=O)(=O)Nc2ccnn2-c2ccccc2)cc1. The highest BCUT2D eigenvalue weighted by Crippen LogP contribution is 2.25. The molecule has 1 aliphatic rings. The predicted octanol–water partition coefficient (Wildman–Crippen LogP) is 0.0287. The predicted molar refractivity (Wildman–Crippen MR) is 130 cm³/mol. The number of rotatable bonds is 8. The molecule has 1 aliphatic heterocycles. The van der Waals surface area contributed by atoms with E-state index in [4.69, 9.17) is 4.74 Å². The molecule has 13 heteroatoms. The summed E-state index contributed by atoms with van der Waals surface area (Å²) in [5, 5.41) is 39.7. The van der Waals surface area contributed by atoms with Gasteiger partial charge in [0.2, 0.25) is 5.91 Å². The third-order valence-corrected chi connectivity index (χ3v) is 7.02. The second-order valence-corrected chi connectivity index (χ2v) is 9.91. The first kappa shape index (κ1) is 25.6. The Labute approximate surface area is 207 Å². The summed E-state index contributed by atoms with van der Waals surface area (Å²) in [5.41, 5.74) is 1.11. The van der Waals surface area contributed by atoms with Crippen molar-refractivity contribution in [3.8, 4) is 5.69 Å². The molecule has 0 unspecified atom stereocenters. The maximum Gasteiger partial charge on any atom is 0.263 e. The Morgan fingerprint density at radius 1 is 1.06 bits per heavy atom. The molecule has 1 aromatic heterocycles. The van der Waals surface area contributed by atoms with Gasteiger partial charge in [-0.3, -0.25) is 9.52 Å². The van der Waals surface area contributed by atoms with Crippen LogP contribution in [-0.2, 0) is 19.6 Å². The third-order valence-electron chi connectivity index (χ3n) is 5.65. The van der Waals surface area contributed by atoms with Crippen LogP contribution in [0.25, 0.3) is 5.69 Å². The molecule has 0 aliphatic carbocycles. The van der Waals surface area contributed by atoms with Crippen molar-refractivity contribution in [1.82, 2.24) is 15.1 Å². The van der Waals surface area contributed by atoms with Gasteiger partial charge in [-0.25, -0.2) is 13.1 Å².